The SMILES string of the molecule is CC(=O)c1ccc2c(c1)CCC2.CCC[C@H]1CC(C)(C)Oc2ccccc21.CN1C(=O)CC(C)(C)N=C1N. The van der Waals surface area contributed by atoms with E-state index in [0.717, 1.165) is 24.2 Å². The van der Waals surface area contributed by atoms with Crippen LogP contribution < -0.4 is 10.5 Å². The van der Waals surface area contributed by atoms with E-state index in [1.54, 1.807) is 14.0 Å². The summed E-state index contributed by atoms with van der Waals surface area (Å²) >= 11 is 0. The molecule has 2 heterocycles. The van der Waals surface area contributed by atoms with Crippen molar-refractivity contribution in [1.29, 1.82) is 0 Å². The van der Waals surface area contributed by atoms with Gasteiger partial charge in [-0.1, -0.05) is 43.7 Å². The van der Waals surface area contributed by atoms with Crippen LogP contribution in [-0.4, -0.2) is 40.7 Å². The van der Waals surface area contributed by atoms with Gasteiger partial charge in [0.2, 0.25) is 5.91 Å². The van der Waals surface area contributed by atoms with Crippen molar-refractivity contribution in [3.05, 3.63) is 64.7 Å². The Morgan fingerprint density at radius 2 is 1.79 bits per heavy atom. The topological polar surface area (TPSA) is 85.0 Å². The largest absolute Gasteiger partial charge is 0.488 e. The van der Waals surface area contributed by atoms with Crippen molar-refractivity contribution < 1.29 is 14.3 Å². The standard InChI is InChI=1S/C14H20O.C11H12O.C7H13N3O/c1-4-7-11-10-14(2,3)15-13-9-6-5-8-12(11)13;1-8(12)10-6-5-9-3-2-4-11(9)7-10;1-7(2)4-5(11)10(3)6(8)9-7/h5-6,8-9,11H,4,7,10H2,1-3H3;5-7H,2-4H2,1H3;4H2,1-3H3,(H2,8,9)/t11-;;/m0../s1. The van der Waals surface area contributed by atoms with Crippen molar-refractivity contribution >= 4 is 17.6 Å². The molecule has 0 unspecified atom stereocenters. The van der Waals surface area contributed by atoms with Crippen LogP contribution in [0, 0.1) is 0 Å². The Hall–Kier alpha value is -3.15. The number of hydrogen-bond donors (Lipinski definition) is 1. The van der Waals surface area contributed by atoms with Crippen molar-refractivity contribution in [2.75, 3.05) is 7.05 Å². The van der Waals surface area contributed by atoms with Crippen LogP contribution in [0.4, 0.5) is 0 Å². The maximum atomic E-state index is 11.2. The summed E-state index contributed by atoms with van der Waals surface area (Å²) in [6, 6.07) is 14.6. The maximum absolute atomic E-state index is 11.2. The number of carbonyl (C=O) groups is 2. The molecule has 0 aromatic heterocycles. The summed E-state index contributed by atoms with van der Waals surface area (Å²) in [5.41, 5.74) is 10.2. The molecular formula is C32H45N3O3. The van der Waals surface area contributed by atoms with Crippen LogP contribution in [0.3, 0.4) is 0 Å². The molecule has 0 spiro atoms. The summed E-state index contributed by atoms with van der Waals surface area (Å²) in [6.07, 6.45) is 7.67. The smallest absolute Gasteiger partial charge is 0.231 e. The van der Waals surface area contributed by atoms with E-state index in [1.165, 1.54) is 47.3 Å². The second-order valence-corrected chi connectivity index (χ2v) is 11.9. The van der Waals surface area contributed by atoms with Gasteiger partial charge in [0.25, 0.3) is 0 Å². The van der Waals surface area contributed by atoms with Crippen LogP contribution >= 0.6 is 0 Å². The van der Waals surface area contributed by atoms with Crippen LogP contribution in [0.1, 0.15) is 107 Å². The highest BCUT2D eigenvalue weighted by Gasteiger charge is 2.33. The lowest BCUT2D eigenvalue weighted by Gasteiger charge is -2.37. The zero-order valence-electron chi connectivity index (χ0n) is 24.3. The van der Waals surface area contributed by atoms with Crippen molar-refractivity contribution in [3.8, 4) is 5.75 Å². The third kappa shape index (κ3) is 7.68. The van der Waals surface area contributed by atoms with Crippen molar-refractivity contribution in [2.45, 2.75) is 104 Å². The first-order chi connectivity index (χ1) is 17.8. The number of carbonyl (C=O) groups excluding carboxylic acids is 2. The zero-order chi connectivity index (χ0) is 28.1. The molecule has 206 valence electrons. The molecule has 2 aromatic rings. The van der Waals surface area contributed by atoms with Gasteiger partial charge in [-0.3, -0.25) is 14.5 Å². The first-order valence-corrected chi connectivity index (χ1v) is 13.8. The maximum Gasteiger partial charge on any atom is 0.231 e. The van der Waals surface area contributed by atoms with E-state index in [2.05, 4.69) is 56.1 Å². The van der Waals surface area contributed by atoms with Crippen LogP contribution in [0.5, 0.6) is 5.75 Å². The first-order valence-electron chi connectivity index (χ1n) is 13.8. The van der Waals surface area contributed by atoms with Crippen LogP contribution in [0.25, 0.3) is 0 Å². The fraction of sp³-hybridized carbons (Fsp3) is 0.531. The Balaban J connectivity index is 0.000000160. The summed E-state index contributed by atoms with van der Waals surface area (Å²) in [4.78, 5) is 27.8. The van der Waals surface area contributed by atoms with Gasteiger partial charge in [-0.2, -0.15) is 0 Å². The lowest BCUT2D eigenvalue weighted by molar-refractivity contribution is -0.128. The Morgan fingerprint density at radius 1 is 1.11 bits per heavy atom. The minimum absolute atomic E-state index is 0.00576. The summed E-state index contributed by atoms with van der Waals surface area (Å²) in [7, 11) is 1.64. The van der Waals surface area contributed by atoms with E-state index in [0.29, 0.717) is 18.3 Å². The fourth-order valence-corrected chi connectivity index (χ4v) is 5.39. The lowest BCUT2D eigenvalue weighted by atomic mass is 9.82. The molecule has 5 rings (SSSR count). The van der Waals surface area contributed by atoms with Gasteiger partial charge in [0.15, 0.2) is 11.7 Å². The molecule has 0 fully saturated rings. The summed E-state index contributed by atoms with van der Waals surface area (Å²) in [5.74, 6) is 2.28. The second kappa shape index (κ2) is 12.1. The predicted molar refractivity (Wildman–Crippen MR) is 155 cm³/mol. The molecule has 1 atom stereocenters. The average Bonchev–Trinajstić information content (AvgIpc) is 3.30. The van der Waals surface area contributed by atoms with Crippen molar-refractivity contribution in [1.82, 2.24) is 4.90 Å². The van der Waals surface area contributed by atoms with Gasteiger partial charge in [0, 0.05) is 12.6 Å². The molecule has 1 amide bonds. The molecule has 6 nitrogen and oxygen atoms in total. The highest BCUT2D eigenvalue weighted by molar-refractivity contribution is 5.98. The fourth-order valence-electron chi connectivity index (χ4n) is 5.39. The molecule has 0 saturated carbocycles. The number of para-hydroxylation sites is 1. The molecule has 1 aliphatic carbocycles. The number of ether oxygens (including phenoxy) is 1. The number of guanidine groups is 1. The number of nitrogens with two attached hydrogens (primary N) is 1. The Morgan fingerprint density at radius 3 is 2.45 bits per heavy atom. The van der Waals surface area contributed by atoms with E-state index in [1.807, 2.05) is 26.0 Å². The zero-order valence-corrected chi connectivity index (χ0v) is 24.3. The molecular weight excluding hydrogens is 474 g/mol. The number of rotatable bonds is 3. The van der Waals surface area contributed by atoms with Gasteiger partial charge < -0.3 is 10.5 Å². The quantitative estimate of drug-likeness (QED) is 0.472. The van der Waals surface area contributed by atoms with Gasteiger partial charge in [-0.05, 0) is 101 Å². The van der Waals surface area contributed by atoms with E-state index in [9.17, 15) is 9.59 Å². The number of benzene rings is 2. The minimum Gasteiger partial charge on any atom is -0.488 e. The van der Waals surface area contributed by atoms with Gasteiger partial charge in [0.05, 0.1) is 12.0 Å². The summed E-state index contributed by atoms with van der Waals surface area (Å²) < 4.78 is 6.00. The third-order valence-electron chi connectivity index (χ3n) is 7.34. The molecule has 2 aromatic carbocycles. The average molecular weight is 520 g/mol. The summed E-state index contributed by atoms with van der Waals surface area (Å²) in [6.45, 7) is 12.0. The Kier molecular flexibility index (Phi) is 9.40. The molecule has 2 aliphatic heterocycles. The van der Waals surface area contributed by atoms with E-state index in [4.69, 9.17) is 10.5 Å². The Labute approximate surface area is 228 Å². The van der Waals surface area contributed by atoms with Gasteiger partial charge in [-0.25, -0.2) is 4.99 Å². The van der Waals surface area contributed by atoms with Gasteiger partial charge in [-0.15, -0.1) is 0 Å². The molecule has 0 saturated heterocycles. The van der Waals surface area contributed by atoms with E-state index < -0.39 is 0 Å². The van der Waals surface area contributed by atoms with E-state index in [-0.39, 0.29) is 22.8 Å². The molecule has 0 bridgehead atoms. The number of fused-ring (bicyclic) bond motifs is 2. The number of amides is 1. The first kappa shape index (κ1) is 29.4. The molecule has 0 radical (unpaired) electrons. The Bertz CT molecular complexity index is 1180. The number of aryl methyl sites for hydroxylation is 2. The molecule has 3 aliphatic rings. The number of ketones is 1. The van der Waals surface area contributed by atoms with Crippen LogP contribution in [0.15, 0.2) is 47.5 Å². The number of aliphatic imine (C=N–C) groups is 1. The highest BCUT2D eigenvalue weighted by Crippen LogP contribution is 2.42. The van der Waals surface area contributed by atoms with Gasteiger partial charge >= 0.3 is 0 Å². The minimum atomic E-state index is -0.326. The molecule has 38 heavy (non-hydrogen) atoms. The second-order valence-electron chi connectivity index (χ2n) is 11.9. The normalized spacial score (nSPS) is 20.4. The van der Waals surface area contributed by atoms with Crippen molar-refractivity contribution in [2.24, 2.45) is 10.7 Å². The number of hydrogen-bond acceptors (Lipinski definition) is 5. The van der Waals surface area contributed by atoms with Crippen LogP contribution in [-0.2, 0) is 17.6 Å². The molecule has 6 heteroatoms. The summed E-state index contributed by atoms with van der Waals surface area (Å²) in [5, 5.41) is 0. The predicted octanol–water partition coefficient (Wildman–Crippen LogP) is 6.45. The molecule has 2 N–H and O–H groups in total. The third-order valence-corrected chi connectivity index (χ3v) is 7.34. The number of nitrogens with zero attached hydrogens (tertiary/aromatic N) is 2. The van der Waals surface area contributed by atoms with E-state index >= 15 is 0 Å². The van der Waals surface area contributed by atoms with Gasteiger partial charge in [0.1, 0.15) is 11.4 Å². The monoisotopic (exact) mass is 519 g/mol. The lowest BCUT2D eigenvalue weighted by Crippen LogP contribution is -2.47. The highest BCUT2D eigenvalue weighted by atomic mass is 16.5. The number of Topliss-reactive ketones (excluding diaryl/α,β-unsaturated/α-hetero) is 1. The van der Waals surface area contributed by atoms with Crippen LogP contribution in [0.2, 0.25) is 0 Å². The van der Waals surface area contributed by atoms with Crippen molar-refractivity contribution in [3.63, 3.8) is 0 Å².